The molecular formula is C12H13BrF3N5. The average Bonchev–Trinajstić information content (AvgIpc) is 2.87. The maximum Gasteiger partial charge on any atom is 0.410 e. The van der Waals surface area contributed by atoms with E-state index in [0.717, 1.165) is 15.9 Å². The van der Waals surface area contributed by atoms with Gasteiger partial charge < -0.3 is 5.32 Å². The first-order valence-corrected chi connectivity index (χ1v) is 7.13. The SMILES string of the molecule is Cc1nn(C)cc1[C@H]1CC(C(F)(F)F)n2nc(Br)cc2N1. The van der Waals surface area contributed by atoms with Gasteiger partial charge in [-0.15, -0.1) is 0 Å². The van der Waals surface area contributed by atoms with E-state index in [9.17, 15) is 13.2 Å². The Bertz CT molecular complexity index is 675. The Morgan fingerprint density at radius 1 is 1.38 bits per heavy atom. The summed E-state index contributed by atoms with van der Waals surface area (Å²) in [5, 5.41) is 11.2. The number of hydrogen-bond donors (Lipinski definition) is 1. The van der Waals surface area contributed by atoms with E-state index in [4.69, 9.17) is 0 Å². The number of nitrogens with one attached hydrogen (secondary N) is 1. The number of aromatic nitrogens is 4. The Hall–Kier alpha value is -1.51. The Kier molecular flexibility index (Phi) is 3.27. The number of hydrogen-bond acceptors (Lipinski definition) is 3. The van der Waals surface area contributed by atoms with E-state index in [1.54, 1.807) is 30.9 Å². The van der Waals surface area contributed by atoms with Crippen LogP contribution in [0.4, 0.5) is 19.0 Å². The molecule has 0 aromatic carbocycles. The molecule has 2 aromatic rings. The van der Waals surface area contributed by atoms with Gasteiger partial charge in [-0.1, -0.05) is 0 Å². The van der Waals surface area contributed by atoms with Crippen molar-refractivity contribution in [3.63, 3.8) is 0 Å². The van der Waals surface area contributed by atoms with Crippen LogP contribution in [-0.2, 0) is 7.05 Å². The molecule has 21 heavy (non-hydrogen) atoms. The molecular weight excluding hydrogens is 351 g/mol. The topological polar surface area (TPSA) is 47.7 Å². The summed E-state index contributed by atoms with van der Waals surface area (Å²) in [6, 6.07) is -0.539. The van der Waals surface area contributed by atoms with E-state index < -0.39 is 18.3 Å². The van der Waals surface area contributed by atoms with Crippen LogP contribution < -0.4 is 5.32 Å². The van der Waals surface area contributed by atoms with Crippen molar-refractivity contribution in [3.05, 3.63) is 28.1 Å². The molecule has 0 radical (unpaired) electrons. The second-order valence-electron chi connectivity index (χ2n) is 5.13. The van der Waals surface area contributed by atoms with Crippen LogP contribution in [0.25, 0.3) is 0 Å². The zero-order valence-electron chi connectivity index (χ0n) is 11.3. The number of aryl methyl sites for hydroxylation is 2. The maximum absolute atomic E-state index is 13.3. The minimum absolute atomic E-state index is 0.114. The normalized spacial score (nSPS) is 22.0. The molecule has 0 bridgehead atoms. The quantitative estimate of drug-likeness (QED) is 0.845. The summed E-state index contributed by atoms with van der Waals surface area (Å²) in [4.78, 5) is 0. The largest absolute Gasteiger partial charge is 0.410 e. The van der Waals surface area contributed by atoms with Gasteiger partial charge in [-0.05, 0) is 22.9 Å². The molecule has 3 rings (SSSR count). The maximum atomic E-state index is 13.3. The van der Waals surface area contributed by atoms with Gasteiger partial charge >= 0.3 is 6.18 Å². The molecule has 5 nitrogen and oxygen atoms in total. The summed E-state index contributed by atoms with van der Waals surface area (Å²) in [7, 11) is 1.75. The van der Waals surface area contributed by atoms with Gasteiger partial charge in [-0.3, -0.25) is 4.68 Å². The van der Waals surface area contributed by atoms with Crippen molar-refractivity contribution in [2.45, 2.75) is 31.6 Å². The zero-order valence-corrected chi connectivity index (χ0v) is 12.9. The van der Waals surface area contributed by atoms with Crippen molar-refractivity contribution in [2.75, 3.05) is 5.32 Å². The van der Waals surface area contributed by atoms with E-state index in [-0.39, 0.29) is 6.42 Å². The fraction of sp³-hybridized carbons (Fsp3) is 0.500. The van der Waals surface area contributed by atoms with Gasteiger partial charge in [0.2, 0.25) is 0 Å². The summed E-state index contributed by atoms with van der Waals surface area (Å²) in [6.07, 6.45) is -2.71. The van der Waals surface area contributed by atoms with Crippen LogP contribution in [0.1, 0.15) is 29.8 Å². The summed E-state index contributed by atoms with van der Waals surface area (Å²) < 4.78 is 42.9. The smallest absolute Gasteiger partial charge is 0.363 e. The Labute approximate surface area is 127 Å². The molecule has 3 heterocycles. The molecule has 0 fully saturated rings. The van der Waals surface area contributed by atoms with Crippen molar-refractivity contribution in [2.24, 2.45) is 7.05 Å². The molecule has 0 spiro atoms. The first-order valence-electron chi connectivity index (χ1n) is 6.34. The minimum atomic E-state index is -4.35. The molecule has 0 aliphatic carbocycles. The number of nitrogens with zero attached hydrogens (tertiary/aromatic N) is 4. The van der Waals surface area contributed by atoms with Gasteiger partial charge in [0.05, 0.1) is 11.7 Å². The van der Waals surface area contributed by atoms with Crippen molar-refractivity contribution >= 4 is 21.7 Å². The molecule has 1 aliphatic rings. The molecule has 114 valence electrons. The van der Waals surface area contributed by atoms with E-state index in [1.807, 2.05) is 0 Å². The van der Waals surface area contributed by atoms with E-state index in [1.165, 1.54) is 0 Å². The van der Waals surface area contributed by atoms with Crippen LogP contribution >= 0.6 is 15.9 Å². The second-order valence-corrected chi connectivity index (χ2v) is 5.94. The minimum Gasteiger partial charge on any atom is -0.363 e. The predicted molar refractivity (Wildman–Crippen MR) is 73.9 cm³/mol. The van der Waals surface area contributed by atoms with Gasteiger partial charge in [0.25, 0.3) is 0 Å². The number of halogens is 4. The predicted octanol–water partition coefficient (Wildman–Crippen LogP) is 3.35. The van der Waals surface area contributed by atoms with Crippen LogP contribution in [0, 0.1) is 6.92 Å². The lowest BCUT2D eigenvalue weighted by Gasteiger charge is -2.33. The lowest BCUT2D eigenvalue weighted by atomic mass is 9.97. The monoisotopic (exact) mass is 363 g/mol. The number of anilines is 1. The lowest BCUT2D eigenvalue weighted by molar-refractivity contribution is -0.173. The number of fused-ring (bicyclic) bond motifs is 1. The van der Waals surface area contributed by atoms with Gasteiger partial charge in [-0.2, -0.15) is 23.4 Å². The van der Waals surface area contributed by atoms with Crippen LogP contribution in [0.2, 0.25) is 0 Å². The van der Waals surface area contributed by atoms with Crippen LogP contribution in [0.15, 0.2) is 16.9 Å². The molecule has 1 unspecified atom stereocenters. The highest BCUT2D eigenvalue weighted by Gasteiger charge is 2.46. The van der Waals surface area contributed by atoms with Gasteiger partial charge in [0.15, 0.2) is 6.04 Å². The second kappa shape index (κ2) is 4.75. The summed E-state index contributed by atoms with van der Waals surface area (Å²) in [5.41, 5.74) is 1.50. The molecule has 1 aliphatic heterocycles. The average molecular weight is 364 g/mol. The van der Waals surface area contributed by atoms with Gasteiger partial charge in [-0.25, -0.2) is 4.68 Å². The van der Waals surface area contributed by atoms with Crippen molar-refractivity contribution < 1.29 is 13.2 Å². The fourth-order valence-corrected chi connectivity index (χ4v) is 3.10. The molecule has 0 amide bonds. The highest BCUT2D eigenvalue weighted by molar-refractivity contribution is 9.10. The van der Waals surface area contributed by atoms with Crippen molar-refractivity contribution in [3.8, 4) is 0 Å². The zero-order chi connectivity index (χ0) is 15.4. The molecule has 9 heteroatoms. The third-order valence-corrected chi connectivity index (χ3v) is 3.97. The molecule has 0 saturated heterocycles. The standard InChI is InChI=1S/C12H13BrF3N5/c1-6-7(5-20(2)18-6)8-3-9(12(14,15)16)21-11(17-8)4-10(13)19-21/h4-5,8-9,17H,3H2,1-2H3/t8-,9?/m1/s1. The summed E-state index contributed by atoms with van der Waals surface area (Å²) >= 11 is 3.13. The van der Waals surface area contributed by atoms with E-state index in [2.05, 4.69) is 31.4 Å². The summed E-state index contributed by atoms with van der Waals surface area (Å²) in [5.74, 6) is 0.351. The number of alkyl halides is 3. The summed E-state index contributed by atoms with van der Waals surface area (Å²) in [6.45, 7) is 1.79. The Morgan fingerprint density at radius 2 is 2.10 bits per heavy atom. The molecule has 2 aromatic heterocycles. The third kappa shape index (κ3) is 2.54. The van der Waals surface area contributed by atoms with Crippen LogP contribution in [0.3, 0.4) is 0 Å². The van der Waals surface area contributed by atoms with E-state index >= 15 is 0 Å². The van der Waals surface area contributed by atoms with Crippen molar-refractivity contribution in [1.29, 1.82) is 0 Å². The molecule has 0 saturated carbocycles. The fourth-order valence-electron chi connectivity index (χ4n) is 2.71. The highest BCUT2D eigenvalue weighted by atomic mass is 79.9. The Morgan fingerprint density at radius 3 is 2.67 bits per heavy atom. The Balaban J connectivity index is 2.03. The van der Waals surface area contributed by atoms with Gasteiger partial charge in [0.1, 0.15) is 10.4 Å². The van der Waals surface area contributed by atoms with Crippen molar-refractivity contribution in [1.82, 2.24) is 19.6 Å². The first-order chi connectivity index (χ1) is 9.75. The van der Waals surface area contributed by atoms with Gasteiger partial charge in [0, 0.05) is 31.3 Å². The molecule has 1 N–H and O–H groups in total. The first kappa shape index (κ1) is 14.4. The highest BCUT2D eigenvalue weighted by Crippen LogP contribution is 2.44. The van der Waals surface area contributed by atoms with Crippen LogP contribution in [0.5, 0.6) is 0 Å². The third-order valence-electron chi connectivity index (χ3n) is 3.59. The van der Waals surface area contributed by atoms with Crippen LogP contribution in [-0.4, -0.2) is 25.7 Å². The lowest BCUT2D eigenvalue weighted by Crippen LogP contribution is -2.35. The van der Waals surface area contributed by atoms with E-state index in [0.29, 0.717) is 10.4 Å². The number of rotatable bonds is 1. The molecule has 2 atom stereocenters.